The van der Waals surface area contributed by atoms with Gasteiger partial charge in [0, 0.05) is 25.0 Å². The Kier molecular flexibility index (Phi) is 7.65. The summed E-state index contributed by atoms with van der Waals surface area (Å²) in [4.78, 5) is 29.1. The van der Waals surface area contributed by atoms with Crippen molar-refractivity contribution in [3.05, 3.63) is 48.2 Å². The number of esters is 1. The molecule has 1 N–H and O–H groups in total. The molecule has 166 valence electrons. The summed E-state index contributed by atoms with van der Waals surface area (Å²) in [6.07, 6.45) is 2.26. The molecule has 1 saturated heterocycles. The standard InChI is InChI=1S/C20H23N3O6S2/c1-14(29-20(25)17-7-4-8-21-19(17)30-2)18(24)22-15-5-3-6-16(13-15)31(26,27)23-9-11-28-12-10-23/h3-8,13-14H,9-12H2,1-2H3,(H,22,24)/t14-/m1/s1. The molecule has 1 aliphatic rings. The fraction of sp³-hybridized carbons (Fsp3) is 0.350. The summed E-state index contributed by atoms with van der Waals surface area (Å²) in [5, 5.41) is 3.10. The molecule has 0 spiro atoms. The van der Waals surface area contributed by atoms with Crippen LogP contribution in [-0.4, -0.2) is 68.2 Å². The fourth-order valence-corrected chi connectivity index (χ4v) is 4.89. The second-order valence-electron chi connectivity index (χ2n) is 6.64. The van der Waals surface area contributed by atoms with Crippen LogP contribution in [0.1, 0.15) is 17.3 Å². The van der Waals surface area contributed by atoms with Gasteiger partial charge in [0.15, 0.2) is 6.10 Å². The number of nitrogens with zero attached hydrogens (tertiary/aromatic N) is 2. The third-order valence-electron chi connectivity index (χ3n) is 4.55. The van der Waals surface area contributed by atoms with E-state index in [1.54, 1.807) is 36.7 Å². The molecule has 0 bridgehead atoms. The second-order valence-corrected chi connectivity index (χ2v) is 9.37. The number of amides is 1. The van der Waals surface area contributed by atoms with Crippen molar-refractivity contribution in [2.24, 2.45) is 0 Å². The number of rotatable bonds is 7. The first kappa shape index (κ1) is 23.2. The molecule has 3 rings (SSSR count). The van der Waals surface area contributed by atoms with E-state index in [4.69, 9.17) is 9.47 Å². The van der Waals surface area contributed by atoms with E-state index in [0.717, 1.165) is 0 Å². The summed E-state index contributed by atoms with van der Waals surface area (Å²) < 4.78 is 37.4. The molecule has 0 radical (unpaired) electrons. The lowest BCUT2D eigenvalue weighted by atomic mass is 10.2. The van der Waals surface area contributed by atoms with Crippen LogP contribution in [0.15, 0.2) is 52.5 Å². The Balaban J connectivity index is 1.67. The van der Waals surface area contributed by atoms with E-state index < -0.39 is 28.0 Å². The number of benzene rings is 1. The molecular weight excluding hydrogens is 442 g/mol. The number of hydrogen-bond donors (Lipinski definition) is 1. The second kappa shape index (κ2) is 10.2. The quantitative estimate of drug-likeness (QED) is 0.488. The van der Waals surface area contributed by atoms with Crippen LogP contribution >= 0.6 is 11.8 Å². The zero-order chi connectivity index (χ0) is 22.4. The van der Waals surface area contributed by atoms with Crippen LogP contribution in [-0.2, 0) is 24.3 Å². The Morgan fingerprint density at radius 3 is 2.68 bits per heavy atom. The van der Waals surface area contributed by atoms with Crippen LogP contribution in [0.25, 0.3) is 0 Å². The van der Waals surface area contributed by atoms with Crippen LogP contribution in [0.5, 0.6) is 0 Å². The normalized spacial score (nSPS) is 15.8. The van der Waals surface area contributed by atoms with E-state index in [1.807, 2.05) is 0 Å². The van der Waals surface area contributed by atoms with Gasteiger partial charge in [-0.2, -0.15) is 4.31 Å². The average molecular weight is 466 g/mol. The number of carbonyl (C=O) groups is 2. The van der Waals surface area contributed by atoms with Gasteiger partial charge in [-0.3, -0.25) is 4.79 Å². The van der Waals surface area contributed by atoms with Gasteiger partial charge in [-0.05, 0) is 43.5 Å². The molecular formula is C20H23N3O6S2. The minimum atomic E-state index is -3.70. The van der Waals surface area contributed by atoms with Crippen LogP contribution in [0.3, 0.4) is 0 Å². The van der Waals surface area contributed by atoms with Crippen molar-refractivity contribution in [1.82, 2.24) is 9.29 Å². The van der Waals surface area contributed by atoms with Crippen molar-refractivity contribution in [2.75, 3.05) is 37.9 Å². The van der Waals surface area contributed by atoms with E-state index in [1.165, 1.54) is 35.1 Å². The number of pyridine rings is 1. The van der Waals surface area contributed by atoms with Gasteiger partial charge in [0.1, 0.15) is 5.03 Å². The largest absolute Gasteiger partial charge is 0.449 e. The van der Waals surface area contributed by atoms with Crippen LogP contribution in [0.2, 0.25) is 0 Å². The molecule has 1 aliphatic heterocycles. The van der Waals surface area contributed by atoms with Gasteiger partial charge in [-0.1, -0.05) is 6.07 Å². The SMILES string of the molecule is CSc1ncccc1C(=O)O[C@H](C)C(=O)Nc1cccc(S(=O)(=O)N2CCOCC2)c1. The highest BCUT2D eigenvalue weighted by Crippen LogP contribution is 2.21. The van der Waals surface area contributed by atoms with Gasteiger partial charge in [-0.25, -0.2) is 18.2 Å². The zero-order valence-electron chi connectivity index (χ0n) is 17.1. The van der Waals surface area contributed by atoms with Gasteiger partial charge >= 0.3 is 5.97 Å². The lowest BCUT2D eigenvalue weighted by molar-refractivity contribution is -0.123. The van der Waals surface area contributed by atoms with Gasteiger partial charge in [0.05, 0.1) is 23.7 Å². The minimum absolute atomic E-state index is 0.0665. The molecule has 1 aromatic carbocycles. The maximum absolute atomic E-state index is 12.8. The number of aromatic nitrogens is 1. The van der Waals surface area contributed by atoms with Gasteiger partial charge < -0.3 is 14.8 Å². The van der Waals surface area contributed by atoms with Crippen LogP contribution < -0.4 is 5.32 Å². The van der Waals surface area contributed by atoms with Crippen molar-refractivity contribution in [2.45, 2.75) is 22.9 Å². The van der Waals surface area contributed by atoms with E-state index in [-0.39, 0.29) is 29.2 Å². The molecule has 0 saturated carbocycles. The predicted octanol–water partition coefficient (Wildman–Crippen LogP) is 2.01. The monoisotopic (exact) mass is 465 g/mol. The predicted molar refractivity (Wildman–Crippen MR) is 116 cm³/mol. The van der Waals surface area contributed by atoms with Crippen LogP contribution in [0.4, 0.5) is 5.69 Å². The topological polar surface area (TPSA) is 115 Å². The van der Waals surface area contributed by atoms with Crippen LogP contribution in [0, 0.1) is 0 Å². The van der Waals surface area contributed by atoms with Crippen molar-refractivity contribution < 1.29 is 27.5 Å². The third-order valence-corrected chi connectivity index (χ3v) is 7.15. The fourth-order valence-electron chi connectivity index (χ4n) is 2.90. The number of sulfonamides is 1. The molecule has 31 heavy (non-hydrogen) atoms. The number of hydrogen-bond acceptors (Lipinski definition) is 8. The number of thioether (sulfide) groups is 1. The van der Waals surface area contributed by atoms with Gasteiger partial charge in [-0.15, -0.1) is 11.8 Å². The highest BCUT2D eigenvalue weighted by Gasteiger charge is 2.27. The molecule has 9 nitrogen and oxygen atoms in total. The van der Waals surface area contributed by atoms with Crippen molar-refractivity contribution in [3.8, 4) is 0 Å². The smallest absolute Gasteiger partial charge is 0.341 e. The molecule has 1 fully saturated rings. The lowest BCUT2D eigenvalue weighted by Gasteiger charge is -2.26. The Morgan fingerprint density at radius 1 is 1.23 bits per heavy atom. The molecule has 0 aliphatic carbocycles. The molecule has 1 atom stereocenters. The third kappa shape index (κ3) is 5.62. The number of morpholine rings is 1. The first-order valence-electron chi connectivity index (χ1n) is 9.51. The van der Waals surface area contributed by atoms with Crippen molar-refractivity contribution in [1.29, 1.82) is 0 Å². The lowest BCUT2D eigenvalue weighted by Crippen LogP contribution is -2.40. The molecule has 2 aromatic rings. The van der Waals surface area contributed by atoms with E-state index in [2.05, 4.69) is 10.3 Å². The van der Waals surface area contributed by atoms with Crippen molar-refractivity contribution in [3.63, 3.8) is 0 Å². The van der Waals surface area contributed by atoms with Gasteiger partial charge in [0.2, 0.25) is 10.0 Å². The average Bonchev–Trinajstić information content (AvgIpc) is 2.79. The summed E-state index contributed by atoms with van der Waals surface area (Å²) in [5.74, 6) is -1.24. The number of anilines is 1. The van der Waals surface area contributed by atoms with E-state index in [0.29, 0.717) is 18.2 Å². The maximum Gasteiger partial charge on any atom is 0.341 e. The number of nitrogens with one attached hydrogen (secondary N) is 1. The molecule has 2 heterocycles. The highest BCUT2D eigenvalue weighted by atomic mass is 32.2. The summed E-state index contributed by atoms with van der Waals surface area (Å²) in [5.41, 5.74) is 0.557. The Labute approximate surface area is 185 Å². The molecule has 1 amide bonds. The first-order valence-corrected chi connectivity index (χ1v) is 12.2. The highest BCUT2D eigenvalue weighted by molar-refractivity contribution is 7.98. The molecule has 11 heteroatoms. The summed E-state index contributed by atoms with van der Waals surface area (Å²) in [6.45, 7) is 2.68. The molecule has 1 aromatic heterocycles. The summed E-state index contributed by atoms with van der Waals surface area (Å²) in [6, 6.07) is 9.14. The summed E-state index contributed by atoms with van der Waals surface area (Å²) >= 11 is 1.30. The summed E-state index contributed by atoms with van der Waals surface area (Å²) in [7, 11) is -3.70. The van der Waals surface area contributed by atoms with Crippen molar-refractivity contribution >= 4 is 39.3 Å². The number of ether oxygens (including phenoxy) is 2. The van der Waals surface area contributed by atoms with Gasteiger partial charge in [0.25, 0.3) is 5.91 Å². The maximum atomic E-state index is 12.8. The Hall–Kier alpha value is -2.47. The molecule has 0 unspecified atom stereocenters. The van der Waals surface area contributed by atoms with E-state index in [9.17, 15) is 18.0 Å². The Morgan fingerprint density at radius 2 is 1.97 bits per heavy atom. The Bertz CT molecular complexity index is 1050. The zero-order valence-corrected chi connectivity index (χ0v) is 18.7. The van der Waals surface area contributed by atoms with E-state index >= 15 is 0 Å². The number of carbonyl (C=O) groups excluding carboxylic acids is 2. The first-order chi connectivity index (χ1) is 14.8. The minimum Gasteiger partial charge on any atom is -0.449 e.